The van der Waals surface area contributed by atoms with Crippen LogP contribution in [0.5, 0.6) is 0 Å². The number of hydrogen-bond acceptors (Lipinski definition) is 6. The van der Waals surface area contributed by atoms with Gasteiger partial charge in [0, 0.05) is 11.4 Å². The van der Waals surface area contributed by atoms with Gasteiger partial charge in [-0.1, -0.05) is 53.2 Å². The number of fused-ring (bicyclic) bond motifs is 1. The molecule has 0 aliphatic heterocycles. The van der Waals surface area contributed by atoms with E-state index in [0.29, 0.717) is 38.7 Å². The van der Waals surface area contributed by atoms with Crippen molar-refractivity contribution in [3.05, 3.63) is 87.3 Å². The van der Waals surface area contributed by atoms with E-state index in [0.717, 1.165) is 22.5 Å². The van der Waals surface area contributed by atoms with Crippen LogP contribution in [0, 0.1) is 13.8 Å². The van der Waals surface area contributed by atoms with Crippen molar-refractivity contribution in [2.45, 2.75) is 24.8 Å². The first-order valence-electron chi connectivity index (χ1n) is 9.88. The zero-order valence-electron chi connectivity index (χ0n) is 17.3. The second kappa shape index (κ2) is 8.29. The van der Waals surface area contributed by atoms with Crippen molar-refractivity contribution in [1.29, 1.82) is 0 Å². The van der Waals surface area contributed by atoms with E-state index >= 15 is 0 Å². The Labute approximate surface area is 192 Å². The third-order valence-electron chi connectivity index (χ3n) is 5.05. The lowest BCUT2D eigenvalue weighted by atomic mass is 10.2. The lowest BCUT2D eigenvalue weighted by Gasteiger charge is -2.08. The van der Waals surface area contributed by atoms with E-state index in [2.05, 4.69) is 19.9 Å². The first-order valence-corrected chi connectivity index (χ1v) is 11.2. The highest BCUT2D eigenvalue weighted by molar-refractivity contribution is 7.98. The molecule has 0 fully saturated rings. The van der Waals surface area contributed by atoms with Gasteiger partial charge in [-0.25, -0.2) is 15.0 Å². The third kappa shape index (κ3) is 3.72. The molecule has 32 heavy (non-hydrogen) atoms. The molecule has 1 N–H and O–H groups in total. The molecule has 9 heteroatoms. The van der Waals surface area contributed by atoms with E-state index in [1.807, 2.05) is 60.9 Å². The fourth-order valence-electron chi connectivity index (χ4n) is 3.35. The number of H-pyrrole nitrogens is 1. The maximum absolute atomic E-state index is 12.3. The van der Waals surface area contributed by atoms with Crippen molar-refractivity contribution in [2.24, 2.45) is 0 Å². The van der Waals surface area contributed by atoms with Gasteiger partial charge in [-0.3, -0.25) is 9.36 Å². The average molecular weight is 464 g/mol. The molecule has 3 heterocycles. The summed E-state index contributed by atoms with van der Waals surface area (Å²) in [5.41, 5.74) is 4.08. The molecule has 0 aliphatic rings. The van der Waals surface area contributed by atoms with Crippen LogP contribution in [0.1, 0.15) is 17.0 Å². The number of halogens is 1. The molecule has 0 unspecified atom stereocenters. The summed E-state index contributed by atoms with van der Waals surface area (Å²) in [6.07, 6.45) is 1.39. The van der Waals surface area contributed by atoms with Crippen molar-refractivity contribution in [3.63, 3.8) is 0 Å². The van der Waals surface area contributed by atoms with Crippen LogP contribution in [-0.4, -0.2) is 24.5 Å². The van der Waals surface area contributed by atoms with Gasteiger partial charge in [0.1, 0.15) is 5.76 Å². The fraction of sp³-hybridized carbons (Fsp3) is 0.130. The molecule has 0 saturated heterocycles. The second-order valence-electron chi connectivity index (χ2n) is 7.26. The second-order valence-corrected chi connectivity index (χ2v) is 8.61. The molecule has 0 spiro atoms. The number of imidazole rings is 1. The highest BCUT2D eigenvalue weighted by Crippen LogP contribution is 2.32. The molecule has 0 atom stereocenters. The Balaban J connectivity index is 1.52. The number of nitrogens with one attached hydrogen (secondary N) is 1. The van der Waals surface area contributed by atoms with Gasteiger partial charge in [0.15, 0.2) is 16.3 Å². The highest BCUT2D eigenvalue weighted by atomic mass is 35.5. The van der Waals surface area contributed by atoms with Gasteiger partial charge in [0.05, 0.1) is 22.6 Å². The smallest absolute Gasteiger partial charge is 0.278 e. The number of nitrogens with zero attached hydrogens (tertiary/aromatic N) is 4. The van der Waals surface area contributed by atoms with Gasteiger partial charge in [-0.05, 0) is 38.1 Å². The van der Waals surface area contributed by atoms with E-state index in [4.69, 9.17) is 16.0 Å². The normalized spacial score (nSPS) is 11.3. The minimum absolute atomic E-state index is 0.277. The van der Waals surface area contributed by atoms with E-state index in [1.165, 1.54) is 18.1 Å². The van der Waals surface area contributed by atoms with Crippen LogP contribution in [0.15, 0.2) is 69.2 Å². The Morgan fingerprint density at radius 2 is 1.88 bits per heavy atom. The average Bonchev–Trinajstić information content (AvgIpc) is 3.34. The molecule has 7 nitrogen and oxygen atoms in total. The maximum atomic E-state index is 12.3. The van der Waals surface area contributed by atoms with Crippen molar-refractivity contribution in [3.8, 4) is 17.1 Å². The van der Waals surface area contributed by atoms with Crippen molar-refractivity contribution >= 4 is 34.5 Å². The first kappa shape index (κ1) is 20.5. The number of hydrogen-bond donors (Lipinski definition) is 1. The third-order valence-corrected chi connectivity index (χ3v) is 6.33. The molecule has 160 valence electrons. The van der Waals surface area contributed by atoms with E-state index in [9.17, 15) is 4.79 Å². The number of thioether (sulfide) groups is 1. The van der Waals surface area contributed by atoms with Crippen molar-refractivity contribution in [1.82, 2.24) is 24.5 Å². The number of benzene rings is 2. The molecule has 0 aliphatic carbocycles. The zero-order valence-corrected chi connectivity index (χ0v) is 18.9. The lowest BCUT2D eigenvalue weighted by Crippen LogP contribution is -2.07. The Bertz CT molecular complexity index is 1490. The van der Waals surface area contributed by atoms with Crippen molar-refractivity contribution in [2.75, 3.05) is 0 Å². The van der Waals surface area contributed by atoms with Gasteiger partial charge in [-0.2, -0.15) is 0 Å². The predicted molar refractivity (Wildman–Crippen MR) is 125 cm³/mol. The Hall–Kier alpha value is -3.36. The standard InChI is InChI=1S/C23H18ClN5O2S/c1-13-7-9-15(10-8-13)29-20-19(21(30)26-12-25-20)28-23(29)32-11-18-14(2)31-22(27-18)16-5-3-4-6-17(16)24/h3-10,12H,11H2,1-2H3,(H,25,26,30). The van der Waals surface area contributed by atoms with E-state index < -0.39 is 0 Å². The van der Waals surface area contributed by atoms with Gasteiger partial charge in [-0.15, -0.1) is 0 Å². The summed E-state index contributed by atoms with van der Waals surface area (Å²) in [5, 5.41) is 1.23. The summed E-state index contributed by atoms with van der Waals surface area (Å²) in [7, 11) is 0. The summed E-state index contributed by atoms with van der Waals surface area (Å²) < 4.78 is 7.76. The van der Waals surface area contributed by atoms with Crippen molar-refractivity contribution < 1.29 is 4.42 Å². The first-order chi connectivity index (χ1) is 15.5. The Morgan fingerprint density at radius 3 is 2.66 bits per heavy atom. The number of rotatable bonds is 5. The molecule has 0 radical (unpaired) electrons. The largest absolute Gasteiger partial charge is 0.441 e. The minimum atomic E-state index is -0.277. The van der Waals surface area contributed by atoms with Crippen LogP contribution >= 0.6 is 23.4 Å². The monoisotopic (exact) mass is 463 g/mol. The summed E-state index contributed by atoms with van der Waals surface area (Å²) in [6.45, 7) is 3.90. The molecule has 0 amide bonds. The number of aryl methyl sites for hydroxylation is 2. The van der Waals surface area contributed by atoms with Gasteiger partial charge >= 0.3 is 0 Å². The molecule has 0 saturated carbocycles. The number of oxazole rings is 1. The van der Waals surface area contributed by atoms with Gasteiger partial charge in [0.25, 0.3) is 5.56 Å². The summed E-state index contributed by atoms with van der Waals surface area (Å²) >= 11 is 7.76. The highest BCUT2D eigenvalue weighted by Gasteiger charge is 2.19. The summed E-state index contributed by atoms with van der Waals surface area (Å²) in [4.78, 5) is 28.5. The molecule has 2 aromatic carbocycles. The fourth-order valence-corrected chi connectivity index (χ4v) is 4.58. The minimum Gasteiger partial charge on any atom is -0.441 e. The molecule has 0 bridgehead atoms. The molecule has 5 aromatic rings. The topological polar surface area (TPSA) is 89.6 Å². The molecule has 5 rings (SSSR count). The van der Waals surface area contributed by atoms with Crippen LogP contribution in [0.25, 0.3) is 28.3 Å². The van der Waals surface area contributed by atoms with E-state index in [-0.39, 0.29) is 5.56 Å². The lowest BCUT2D eigenvalue weighted by molar-refractivity contribution is 0.540. The molecule has 3 aromatic heterocycles. The summed E-state index contributed by atoms with van der Waals surface area (Å²) in [5.74, 6) is 1.70. The number of aromatic amines is 1. The quantitative estimate of drug-likeness (QED) is 0.354. The Morgan fingerprint density at radius 1 is 1.09 bits per heavy atom. The summed E-state index contributed by atoms with van der Waals surface area (Å²) in [6, 6.07) is 15.4. The van der Waals surface area contributed by atoms with Gasteiger partial charge < -0.3 is 9.40 Å². The van der Waals surface area contributed by atoms with Crippen LogP contribution in [0.2, 0.25) is 5.02 Å². The van der Waals surface area contributed by atoms with Crippen LogP contribution < -0.4 is 5.56 Å². The maximum Gasteiger partial charge on any atom is 0.278 e. The zero-order chi connectivity index (χ0) is 22.2. The predicted octanol–water partition coefficient (Wildman–Crippen LogP) is 5.33. The SMILES string of the molecule is Cc1ccc(-n2c(SCc3nc(-c4ccccc4Cl)oc3C)nc3c(=O)[nH]cnc32)cc1. The Kier molecular flexibility index (Phi) is 5.32. The van der Waals surface area contributed by atoms with Crippen LogP contribution in [-0.2, 0) is 5.75 Å². The molecular weight excluding hydrogens is 446 g/mol. The van der Waals surface area contributed by atoms with E-state index in [1.54, 1.807) is 6.07 Å². The van der Waals surface area contributed by atoms with Crippen LogP contribution in [0.4, 0.5) is 0 Å². The molecular formula is C23H18ClN5O2S. The number of aromatic nitrogens is 5. The van der Waals surface area contributed by atoms with Gasteiger partial charge in [0.2, 0.25) is 5.89 Å². The van der Waals surface area contributed by atoms with Crippen LogP contribution in [0.3, 0.4) is 0 Å².